The number of halogens is 2. The van der Waals surface area contributed by atoms with Gasteiger partial charge in [-0.2, -0.15) is 0 Å². The normalized spacial score (nSPS) is 21.5. The molecular formula is C14H21F2N3O2. The summed E-state index contributed by atoms with van der Waals surface area (Å²) in [4.78, 5) is 3.97. The molecule has 1 unspecified atom stereocenters. The van der Waals surface area contributed by atoms with E-state index in [1.54, 1.807) is 7.11 Å². The van der Waals surface area contributed by atoms with Crippen molar-refractivity contribution in [3.63, 3.8) is 0 Å². The van der Waals surface area contributed by atoms with Crippen molar-refractivity contribution in [3.05, 3.63) is 17.7 Å². The quantitative estimate of drug-likeness (QED) is 0.810. The second-order valence-corrected chi connectivity index (χ2v) is 5.12. The summed E-state index contributed by atoms with van der Waals surface area (Å²) in [6.07, 6.45) is 1.55. The van der Waals surface area contributed by atoms with E-state index in [2.05, 4.69) is 15.6 Å². The third kappa shape index (κ3) is 3.79. The molecule has 2 heterocycles. The number of aromatic nitrogens is 1. The first-order chi connectivity index (χ1) is 10.1. The van der Waals surface area contributed by atoms with E-state index in [0.717, 1.165) is 18.9 Å². The van der Waals surface area contributed by atoms with Crippen molar-refractivity contribution in [1.29, 1.82) is 0 Å². The molecule has 0 radical (unpaired) electrons. The molecule has 1 atom stereocenters. The van der Waals surface area contributed by atoms with Gasteiger partial charge in [0.15, 0.2) is 23.3 Å². The highest BCUT2D eigenvalue weighted by atomic mass is 19.1. The Balaban J connectivity index is 2.08. The first kappa shape index (κ1) is 15.9. The maximum absolute atomic E-state index is 13.8. The van der Waals surface area contributed by atoms with Crippen LogP contribution >= 0.6 is 0 Å². The van der Waals surface area contributed by atoms with E-state index >= 15 is 0 Å². The molecular weight excluding hydrogens is 280 g/mol. The Hall–Kier alpha value is -1.47. The number of methoxy groups -OCH3 is 1. The van der Waals surface area contributed by atoms with Crippen LogP contribution < -0.4 is 10.6 Å². The Morgan fingerprint density at radius 3 is 2.62 bits per heavy atom. The summed E-state index contributed by atoms with van der Waals surface area (Å²) in [6.45, 7) is 3.94. The van der Waals surface area contributed by atoms with E-state index in [9.17, 15) is 8.78 Å². The molecule has 0 aromatic carbocycles. The fourth-order valence-corrected chi connectivity index (χ4v) is 2.16. The molecule has 0 amide bonds. The van der Waals surface area contributed by atoms with Gasteiger partial charge in [-0.1, -0.05) is 6.92 Å². The fourth-order valence-electron chi connectivity index (χ4n) is 2.16. The molecule has 7 heteroatoms. The van der Waals surface area contributed by atoms with Crippen LogP contribution in [0.2, 0.25) is 0 Å². The van der Waals surface area contributed by atoms with Crippen molar-refractivity contribution in [3.8, 4) is 0 Å². The highest BCUT2D eigenvalue weighted by Crippen LogP contribution is 2.24. The number of rotatable bonds is 7. The van der Waals surface area contributed by atoms with Crippen LogP contribution in [0.15, 0.2) is 6.07 Å². The Labute approximate surface area is 123 Å². The van der Waals surface area contributed by atoms with Crippen LogP contribution in [0.1, 0.15) is 19.8 Å². The van der Waals surface area contributed by atoms with Crippen molar-refractivity contribution in [2.24, 2.45) is 0 Å². The number of anilines is 2. The molecule has 2 N–H and O–H groups in total. The largest absolute Gasteiger partial charge is 0.378 e. The summed E-state index contributed by atoms with van der Waals surface area (Å²) in [5.41, 5.74) is -0.487. The summed E-state index contributed by atoms with van der Waals surface area (Å²) in [6, 6.07) is 0.831. The molecule has 1 aliphatic heterocycles. The smallest absolute Gasteiger partial charge is 0.168 e. The molecule has 1 saturated heterocycles. The Morgan fingerprint density at radius 2 is 2.05 bits per heavy atom. The van der Waals surface area contributed by atoms with Gasteiger partial charge >= 0.3 is 0 Å². The van der Waals surface area contributed by atoms with E-state index in [1.165, 1.54) is 0 Å². The molecule has 1 fully saturated rings. The molecule has 118 valence electrons. The van der Waals surface area contributed by atoms with E-state index in [4.69, 9.17) is 9.47 Å². The maximum Gasteiger partial charge on any atom is 0.168 e. The highest BCUT2D eigenvalue weighted by Gasteiger charge is 2.35. The first-order valence-corrected chi connectivity index (χ1v) is 7.07. The number of hydrogen-bond acceptors (Lipinski definition) is 5. The van der Waals surface area contributed by atoms with Crippen molar-refractivity contribution in [2.45, 2.75) is 25.4 Å². The van der Waals surface area contributed by atoms with Crippen molar-refractivity contribution < 1.29 is 18.3 Å². The van der Waals surface area contributed by atoms with Gasteiger partial charge in [0.2, 0.25) is 0 Å². The van der Waals surface area contributed by atoms with Crippen LogP contribution in [0.25, 0.3) is 0 Å². The van der Waals surface area contributed by atoms with Crippen molar-refractivity contribution in [2.75, 3.05) is 44.0 Å². The Bertz CT molecular complexity index is 480. The molecule has 1 aromatic heterocycles. The second-order valence-electron chi connectivity index (χ2n) is 5.12. The van der Waals surface area contributed by atoms with Gasteiger partial charge in [0.05, 0.1) is 6.61 Å². The summed E-state index contributed by atoms with van der Waals surface area (Å²) in [5, 5.41) is 5.73. The van der Waals surface area contributed by atoms with Crippen molar-refractivity contribution in [1.82, 2.24) is 4.98 Å². The summed E-state index contributed by atoms with van der Waals surface area (Å²) in [7, 11) is 1.60. The summed E-state index contributed by atoms with van der Waals surface area (Å²) in [5.74, 6) is -1.36. The van der Waals surface area contributed by atoms with E-state index in [0.29, 0.717) is 26.3 Å². The van der Waals surface area contributed by atoms with Gasteiger partial charge in [-0.05, 0) is 6.42 Å². The monoisotopic (exact) mass is 301 g/mol. The van der Waals surface area contributed by atoms with Gasteiger partial charge in [-0.25, -0.2) is 13.8 Å². The lowest BCUT2D eigenvalue weighted by molar-refractivity contribution is -0.00629. The van der Waals surface area contributed by atoms with Gasteiger partial charge in [0, 0.05) is 39.3 Å². The number of pyridine rings is 1. The minimum atomic E-state index is -0.722. The zero-order chi connectivity index (χ0) is 15.3. The predicted molar refractivity (Wildman–Crippen MR) is 76.6 cm³/mol. The zero-order valence-corrected chi connectivity index (χ0v) is 12.3. The fraction of sp³-hybridized carbons (Fsp3) is 0.643. The zero-order valence-electron chi connectivity index (χ0n) is 12.3. The van der Waals surface area contributed by atoms with Gasteiger partial charge in [0.1, 0.15) is 5.60 Å². The average Bonchev–Trinajstić information content (AvgIpc) is 2.95. The lowest BCUT2D eigenvalue weighted by Crippen LogP contribution is -2.40. The molecule has 21 heavy (non-hydrogen) atoms. The van der Waals surface area contributed by atoms with Crippen molar-refractivity contribution >= 4 is 11.6 Å². The van der Waals surface area contributed by atoms with E-state index < -0.39 is 17.2 Å². The van der Waals surface area contributed by atoms with Crippen LogP contribution in [0, 0.1) is 11.6 Å². The molecule has 1 aliphatic rings. The Kier molecular flexibility index (Phi) is 5.30. The molecule has 2 rings (SSSR count). The maximum atomic E-state index is 13.8. The molecule has 0 bridgehead atoms. The van der Waals surface area contributed by atoms with Gasteiger partial charge in [-0.15, -0.1) is 0 Å². The third-order valence-electron chi connectivity index (χ3n) is 3.55. The topological polar surface area (TPSA) is 55.4 Å². The first-order valence-electron chi connectivity index (χ1n) is 7.07. The summed E-state index contributed by atoms with van der Waals surface area (Å²) < 4.78 is 38.2. The van der Waals surface area contributed by atoms with Gasteiger partial charge in [0.25, 0.3) is 0 Å². The highest BCUT2D eigenvalue weighted by molar-refractivity contribution is 5.47. The molecule has 1 aromatic rings. The van der Waals surface area contributed by atoms with E-state index in [1.807, 2.05) is 6.92 Å². The second kappa shape index (κ2) is 7.00. The number of ether oxygens (including phenoxy) is 2. The van der Waals surface area contributed by atoms with Crippen LogP contribution in [0.4, 0.5) is 20.4 Å². The lowest BCUT2D eigenvalue weighted by atomic mass is 10.0. The van der Waals surface area contributed by atoms with E-state index in [-0.39, 0.29) is 11.6 Å². The lowest BCUT2D eigenvalue weighted by Gasteiger charge is -2.26. The third-order valence-corrected chi connectivity index (χ3v) is 3.55. The average molecular weight is 301 g/mol. The molecule has 0 spiro atoms. The van der Waals surface area contributed by atoms with Crippen LogP contribution in [0.5, 0.6) is 0 Å². The number of nitrogens with one attached hydrogen (secondary N) is 2. The molecule has 5 nitrogen and oxygen atoms in total. The van der Waals surface area contributed by atoms with Crippen LogP contribution in [-0.4, -0.2) is 44.0 Å². The SMILES string of the molecule is CCCNc1nc(NCC2(OC)CCOC2)c(F)cc1F. The van der Waals surface area contributed by atoms with Gasteiger partial charge in [-0.3, -0.25) is 0 Å². The minimum Gasteiger partial charge on any atom is -0.378 e. The van der Waals surface area contributed by atoms with Crippen LogP contribution in [-0.2, 0) is 9.47 Å². The molecule has 0 aliphatic carbocycles. The molecule has 0 saturated carbocycles. The van der Waals surface area contributed by atoms with Crippen LogP contribution in [0.3, 0.4) is 0 Å². The van der Waals surface area contributed by atoms with Gasteiger partial charge < -0.3 is 20.1 Å². The number of nitrogens with zero attached hydrogens (tertiary/aromatic N) is 1. The predicted octanol–water partition coefficient (Wildman–Crippen LogP) is 2.40. The Morgan fingerprint density at radius 1 is 1.33 bits per heavy atom. The minimum absolute atomic E-state index is 0.0123. The number of hydrogen-bond donors (Lipinski definition) is 2. The standard InChI is InChI=1S/C14H21F2N3O2/c1-3-5-17-12-10(15)7-11(16)13(19-12)18-8-14(20-2)4-6-21-9-14/h7H,3-6,8-9H2,1-2H3,(H2,17,18,19). The summed E-state index contributed by atoms with van der Waals surface area (Å²) >= 11 is 0.